The first kappa shape index (κ1) is 46.8. The van der Waals surface area contributed by atoms with E-state index < -0.39 is 0 Å². The highest BCUT2D eigenvalue weighted by Crippen LogP contribution is 2.16. The number of hydrogen-bond acceptors (Lipinski definition) is 4. The molecular formula is C43H89NO3. The van der Waals surface area contributed by atoms with Crippen LogP contribution in [0.15, 0.2) is 0 Å². The van der Waals surface area contributed by atoms with Crippen LogP contribution >= 0.6 is 0 Å². The smallest absolute Gasteiger partial charge is 0.0824 e. The summed E-state index contributed by atoms with van der Waals surface area (Å²) in [6.45, 7) is 7.07. The standard InChI is InChI=1S/C43H89NO3/c1-5-7-9-11-13-15-17-19-21-23-25-27-29-31-33-35-37-46-41-43(39-42(40-45)44(3)4)47-38-36-34-32-30-28-26-24-22-20-18-16-14-12-10-8-6-2/h42-43,45H,5-41H2,1-4H3. The minimum absolute atomic E-state index is 0.0759. The van der Waals surface area contributed by atoms with Crippen LogP contribution in [0.3, 0.4) is 0 Å². The number of aliphatic hydroxyl groups excluding tert-OH is 1. The van der Waals surface area contributed by atoms with Crippen molar-refractivity contribution in [1.82, 2.24) is 4.90 Å². The van der Waals surface area contributed by atoms with Crippen LogP contribution in [0.2, 0.25) is 0 Å². The van der Waals surface area contributed by atoms with Gasteiger partial charge in [-0.3, -0.25) is 0 Å². The molecule has 0 aliphatic carbocycles. The predicted molar refractivity (Wildman–Crippen MR) is 209 cm³/mol. The summed E-state index contributed by atoms with van der Waals surface area (Å²) in [6, 6.07) is 0.130. The predicted octanol–water partition coefficient (Wildman–Crippen LogP) is 13.2. The minimum Gasteiger partial charge on any atom is -0.395 e. The molecule has 0 amide bonds. The van der Waals surface area contributed by atoms with Gasteiger partial charge in [0.05, 0.1) is 19.3 Å². The Morgan fingerprint density at radius 1 is 0.426 bits per heavy atom. The van der Waals surface area contributed by atoms with Crippen molar-refractivity contribution in [2.75, 3.05) is 40.5 Å². The van der Waals surface area contributed by atoms with Crippen molar-refractivity contribution < 1.29 is 14.6 Å². The average Bonchev–Trinajstić information content (AvgIpc) is 3.07. The fourth-order valence-corrected chi connectivity index (χ4v) is 6.80. The normalized spacial score (nSPS) is 13.1. The van der Waals surface area contributed by atoms with Crippen molar-refractivity contribution in [3.63, 3.8) is 0 Å². The highest BCUT2D eigenvalue weighted by Gasteiger charge is 2.18. The van der Waals surface area contributed by atoms with Gasteiger partial charge >= 0.3 is 0 Å². The molecular weight excluding hydrogens is 578 g/mol. The summed E-state index contributed by atoms with van der Waals surface area (Å²) >= 11 is 0. The Morgan fingerprint density at radius 2 is 0.723 bits per heavy atom. The molecule has 0 heterocycles. The van der Waals surface area contributed by atoms with E-state index in [1.807, 2.05) is 14.1 Å². The van der Waals surface area contributed by atoms with E-state index in [-0.39, 0.29) is 18.8 Å². The lowest BCUT2D eigenvalue weighted by atomic mass is 10.0. The van der Waals surface area contributed by atoms with Crippen LogP contribution in [0.25, 0.3) is 0 Å². The Labute approximate surface area is 297 Å². The van der Waals surface area contributed by atoms with E-state index in [0.29, 0.717) is 6.61 Å². The maximum Gasteiger partial charge on any atom is 0.0824 e. The maximum absolute atomic E-state index is 9.86. The van der Waals surface area contributed by atoms with Crippen molar-refractivity contribution in [1.29, 1.82) is 0 Å². The third-order valence-electron chi connectivity index (χ3n) is 10.3. The van der Waals surface area contributed by atoms with Gasteiger partial charge in [0.1, 0.15) is 0 Å². The first-order valence-electron chi connectivity index (χ1n) is 21.6. The SMILES string of the molecule is CCCCCCCCCCCCCCCCCCOCC(CC(CO)N(C)C)OCCCCCCCCCCCCCCCCCC. The Kier molecular flexibility index (Phi) is 40.1. The van der Waals surface area contributed by atoms with Crippen LogP contribution in [0, 0.1) is 0 Å². The highest BCUT2D eigenvalue weighted by atomic mass is 16.5. The average molecular weight is 668 g/mol. The number of rotatable bonds is 41. The lowest BCUT2D eigenvalue weighted by Gasteiger charge is -2.27. The maximum atomic E-state index is 9.86. The molecule has 0 rings (SSSR count). The third kappa shape index (κ3) is 36.9. The number of aliphatic hydroxyl groups is 1. The zero-order chi connectivity index (χ0) is 34.3. The lowest BCUT2D eigenvalue weighted by Crippen LogP contribution is -2.37. The molecule has 0 radical (unpaired) electrons. The van der Waals surface area contributed by atoms with Gasteiger partial charge in [-0.25, -0.2) is 0 Å². The second kappa shape index (κ2) is 40.3. The van der Waals surface area contributed by atoms with Gasteiger partial charge in [0.15, 0.2) is 0 Å². The van der Waals surface area contributed by atoms with E-state index in [0.717, 1.165) is 32.5 Å². The van der Waals surface area contributed by atoms with E-state index >= 15 is 0 Å². The van der Waals surface area contributed by atoms with Crippen LogP contribution in [0.5, 0.6) is 0 Å². The largest absolute Gasteiger partial charge is 0.395 e. The third-order valence-corrected chi connectivity index (χ3v) is 10.3. The molecule has 0 bridgehead atoms. The van der Waals surface area contributed by atoms with E-state index in [9.17, 15) is 5.11 Å². The Balaban J connectivity index is 3.72. The number of hydrogen-bond donors (Lipinski definition) is 1. The van der Waals surface area contributed by atoms with Gasteiger partial charge in [-0.1, -0.05) is 206 Å². The van der Waals surface area contributed by atoms with Crippen molar-refractivity contribution in [2.24, 2.45) is 0 Å². The number of ether oxygens (including phenoxy) is 2. The summed E-state index contributed by atoms with van der Waals surface area (Å²) in [5.41, 5.74) is 0. The van der Waals surface area contributed by atoms with Crippen LogP contribution < -0.4 is 0 Å². The summed E-state index contributed by atoms with van der Waals surface area (Å²) < 4.78 is 12.4. The topological polar surface area (TPSA) is 41.9 Å². The first-order valence-corrected chi connectivity index (χ1v) is 21.6. The van der Waals surface area contributed by atoms with Crippen LogP contribution in [-0.2, 0) is 9.47 Å². The molecule has 2 atom stereocenters. The van der Waals surface area contributed by atoms with Crippen LogP contribution in [0.1, 0.15) is 226 Å². The molecule has 0 aromatic rings. The van der Waals surface area contributed by atoms with E-state index in [1.165, 1.54) is 193 Å². The van der Waals surface area contributed by atoms with E-state index in [1.54, 1.807) is 0 Å². The van der Waals surface area contributed by atoms with E-state index in [4.69, 9.17) is 9.47 Å². The minimum atomic E-state index is 0.0759. The molecule has 0 fully saturated rings. The number of nitrogens with zero attached hydrogens (tertiary/aromatic N) is 1. The Hall–Kier alpha value is -0.160. The monoisotopic (exact) mass is 668 g/mol. The number of unbranched alkanes of at least 4 members (excludes halogenated alkanes) is 30. The van der Waals surface area contributed by atoms with Gasteiger partial charge in [-0.2, -0.15) is 0 Å². The summed E-state index contributed by atoms with van der Waals surface area (Å²) in [7, 11) is 4.09. The summed E-state index contributed by atoms with van der Waals surface area (Å²) in [6.07, 6.45) is 45.5. The van der Waals surface area contributed by atoms with E-state index in [2.05, 4.69) is 18.7 Å². The molecule has 1 N–H and O–H groups in total. The summed E-state index contributed by atoms with van der Waals surface area (Å²) in [5.74, 6) is 0. The molecule has 284 valence electrons. The van der Waals surface area contributed by atoms with Crippen molar-refractivity contribution in [3.05, 3.63) is 0 Å². The fraction of sp³-hybridized carbons (Fsp3) is 1.00. The Morgan fingerprint density at radius 3 is 1.02 bits per heavy atom. The zero-order valence-electron chi connectivity index (χ0n) is 33.0. The van der Waals surface area contributed by atoms with Gasteiger partial charge < -0.3 is 19.5 Å². The molecule has 0 aliphatic heterocycles. The van der Waals surface area contributed by atoms with Crippen LogP contribution in [-0.4, -0.2) is 62.7 Å². The van der Waals surface area contributed by atoms with Gasteiger partial charge in [-0.15, -0.1) is 0 Å². The zero-order valence-corrected chi connectivity index (χ0v) is 33.0. The second-order valence-electron chi connectivity index (χ2n) is 15.2. The molecule has 0 aromatic carbocycles. The Bertz CT molecular complexity index is 557. The molecule has 2 unspecified atom stereocenters. The van der Waals surface area contributed by atoms with Crippen molar-refractivity contribution in [2.45, 2.75) is 238 Å². The molecule has 47 heavy (non-hydrogen) atoms. The molecule has 0 aromatic heterocycles. The lowest BCUT2D eigenvalue weighted by molar-refractivity contribution is -0.0363. The second-order valence-corrected chi connectivity index (χ2v) is 15.2. The van der Waals surface area contributed by atoms with Crippen molar-refractivity contribution >= 4 is 0 Å². The summed E-state index contributed by atoms with van der Waals surface area (Å²) in [5, 5.41) is 9.86. The van der Waals surface area contributed by atoms with Crippen molar-refractivity contribution in [3.8, 4) is 0 Å². The first-order chi connectivity index (χ1) is 23.2. The van der Waals surface area contributed by atoms with Gasteiger partial charge in [0.2, 0.25) is 0 Å². The molecule has 4 heteroatoms. The highest BCUT2D eigenvalue weighted by molar-refractivity contribution is 4.71. The molecule has 0 spiro atoms. The van der Waals surface area contributed by atoms with Gasteiger partial charge in [0.25, 0.3) is 0 Å². The summed E-state index contributed by atoms with van der Waals surface area (Å²) in [4.78, 5) is 2.11. The molecule has 0 saturated carbocycles. The molecule has 0 saturated heterocycles. The number of likely N-dealkylation sites (N-methyl/N-ethyl adjacent to an activating group) is 1. The molecule has 4 nitrogen and oxygen atoms in total. The van der Waals surface area contributed by atoms with Gasteiger partial charge in [0, 0.05) is 19.3 Å². The van der Waals surface area contributed by atoms with Crippen LogP contribution in [0.4, 0.5) is 0 Å². The quantitative estimate of drug-likeness (QED) is 0.0659. The molecule has 0 aliphatic rings. The van der Waals surface area contributed by atoms with Gasteiger partial charge in [-0.05, 0) is 33.4 Å². The fourth-order valence-electron chi connectivity index (χ4n) is 6.80.